The minimum atomic E-state index is -3.10. The van der Waals surface area contributed by atoms with Crippen LogP contribution in [-0.2, 0) is 16.6 Å². The minimum Gasteiger partial charge on any atom is -0.390 e. The highest BCUT2D eigenvalue weighted by atomic mass is 32.2. The number of piperazine rings is 1. The van der Waals surface area contributed by atoms with Crippen molar-refractivity contribution in [3.05, 3.63) is 18.1 Å². The maximum atomic E-state index is 11.4. The molecule has 1 saturated heterocycles. The van der Waals surface area contributed by atoms with Gasteiger partial charge in [0.1, 0.15) is 5.82 Å². The average Bonchev–Trinajstić information content (AvgIpc) is 2.38. The van der Waals surface area contributed by atoms with Crippen molar-refractivity contribution in [2.24, 2.45) is 0 Å². The largest absolute Gasteiger partial charge is 0.390 e. The summed E-state index contributed by atoms with van der Waals surface area (Å²) in [4.78, 5) is 10.2. The first-order chi connectivity index (χ1) is 8.50. The Bertz CT molecular complexity index is 494. The quantitative estimate of drug-likeness (QED) is 0.763. The van der Waals surface area contributed by atoms with Gasteiger partial charge in [0.2, 0.25) is 10.0 Å². The Balaban J connectivity index is 2.01. The Kier molecular flexibility index (Phi) is 3.79. The maximum absolute atomic E-state index is 11.4. The van der Waals surface area contributed by atoms with Crippen LogP contribution in [0.3, 0.4) is 0 Å². The highest BCUT2D eigenvalue weighted by Crippen LogP contribution is 2.13. The molecule has 2 rings (SSSR count). The molecule has 1 aliphatic rings. The van der Waals surface area contributed by atoms with Crippen LogP contribution in [-0.4, -0.2) is 60.2 Å². The van der Waals surface area contributed by atoms with Gasteiger partial charge in [0.25, 0.3) is 0 Å². The predicted octanol–water partition coefficient (Wildman–Crippen LogP) is -0.949. The van der Waals surface area contributed by atoms with Gasteiger partial charge in [-0.05, 0) is 0 Å². The van der Waals surface area contributed by atoms with E-state index in [1.165, 1.54) is 16.8 Å². The molecule has 100 valence electrons. The lowest BCUT2D eigenvalue weighted by Crippen LogP contribution is -2.48. The molecule has 1 fully saturated rings. The zero-order valence-electron chi connectivity index (χ0n) is 10.2. The molecule has 0 unspecified atom stereocenters. The topological polar surface area (TPSA) is 86.6 Å². The van der Waals surface area contributed by atoms with Gasteiger partial charge in [-0.1, -0.05) is 0 Å². The highest BCUT2D eigenvalue weighted by molar-refractivity contribution is 7.88. The number of aliphatic hydroxyl groups excluding tert-OH is 1. The first-order valence-corrected chi connectivity index (χ1v) is 7.47. The van der Waals surface area contributed by atoms with Gasteiger partial charge in [0.15, 0.2) is 0 Å². The number of nitrogens with zero attached hydrogens (tertiary/aromatic N) is 4. The number of rotatable bonds is 3. The van der Waals surface area contributed by atoms with Crippen molar-refractivity contribution in [1.82, 2.24) is 14.3 Å². The maximum Gasteiger partial charge on any atom is 0.211 e. The second kappa shape index (κ2) is 5.17. The van der Waals surface area contributed by atoms with Gasteiger partial charge in [0, 0.05) is 26.2 Å². The van der Waals surface area contributed by atoms with Gasteiger partial charge in [-0.15, -0.1) is 0 Å². The SMILES string of the molecule is CS(=O)(=O)N1CCN(c2cnc(CO)cn2)CC1. The molecule has 1 N–H and O–H groups in total. The van der Waals surface area contributed by atoms with Crippen molar-refractivity contribution in [2.75, 3.05) is 37.3 Å². The van der Waals surface area contributed by atoms with Crippen LogP contribution < -0.4 is 4.90 Å². The third-order valence-corrected chi connectivity index (χ3v) is 4.19. The summed E-state index contributed by atoms with van der Waals surface area (Å²) in [6.45, 7) is 1.99. The van der Waals surface area contributed by atoms with E-state index in [1.54, 1.807) is 6.20 Å². The predicted molar refractivity (Wildman–Crippen MR) is 66.6 cm³/mol. The molecule has 0 saturated carbocycles. The van der Waals surface area contributed by atoms with E-state index in [0.29, 0.717) is 37.7 Å². The molecule has 8 heteroatoms. The first-order valence-electron chi connectivity index (χ1n) is 5.62. The van der Waals surface area contributed by atoms with Gasteiger partial charge in [-0.3, -0.25) is 4.98 Å². The standard InChI is InChI=1S/C10H16N4O3S/c1-18(16,17)14-4-2-13(3-5-14)10-7-11-9(8-15)6-12-10/h6-7,15H,2-5,8H2,1H3. The fourth-order valence-electron chi connectivity index (χ4n) is 1.84. The summed E-state index contributed by atoms with van der Waals surface area (Å²) in [6, 6.07) is 0. The van der Waals surface area contributed by atoms with Crippen LogP contribution in [0.1, 0.15) is 5.69 Å². The lowest BCUT2D eigenvalue weighted by molar-refractivity contribution is 0.276. The van der Waals surface area contributed by atoms with Crippen LogP contribution >= 0.6 is 0 Å². The number of anilines is 1. The Hall–Kier alpha value is -1.25. The lowest BCUT2D eigenvalue weighted by atomic mass is 10.3. The Morgan fingerprint density at radius 1 is 1.22 bits per heavy atom. The minimum absolute atomic E-state index is 0.130. The van der Waals surface area contributed by atoms with Gasteiger partial charge in [-0.2, -0.15) is 4.31 Å². The van der Waals surface area contributed by atoms with Crippen molar-refractivity contribution >= 4 is 15.8 Å². The van der Waals surface area contributed by atoms with E-state index < -0.39 is 10.0 Å². The smallest absolute Gasteiger partial charge is 0.211 e. The van der Waals surface area contributed by atoms with Crippen LogP contribution in [0.25, 0.3) is 0 Å². The molecule has 0 aliphatic carbocycles. The molecule has 0 aromatic carbocycles. The molecule has 18 heavy (non-hydrogen) atoms. The molecule has 7 nitrogen and oxygen atoms in total. The van der Waals surface area contributed by atoms with Crippen LogP contribution in [0.4, 0.5) is 5.82 Å². The van der Waals surface area contributed by atoms with E-state index in [1.807, 2.05) is 4.90 Å². The molecule has 1 aromatic heterocycles. The van der Waals surface area contributed by atoms with Crippen LogP contribution in [0.5, 0.6) is 0 Å². The fourth-order valence-corrected chi connectivity index (χ4v) is 2.67. The molecular formula is C10H16N4O3S. The van der Waals surface area contributed by atoms with Gasteiger partial charge < -0.3 is 10.0 Å². The van der Waals surface area contributed by atoms with Crippen LogP contribution in [0.2, 0.25) is 0 Å². The van der Waals surface area contributed by atoms with Crippen molar-refractivity contribution < 1.29 is 13.5 Å². The summed E-state index contributed by atoms with van der Waals surface area (Å²) in [5.74, 6) is 0.709. The molecule has 0 spiro atoms. The Morgan fingerprint density at radius 3 is 2.33 bits per heavy atom. The molecule has 2 heterocycles. The summed E-state index contributed by atoms with van der Waals surface area (Å²) < 4.78 is 24.2. The van der Waals surface area contributed by atoms with Crippen LogP contribution in [0.15, 0.2) is 12.4 Å². The van der Waals surface area contributed by atoms with E-state index in [-0.39, 0.29) is 6.61 Å². The van der Waals surface area contributed by atoms with E-state index in [9.17, 15) is 8.42 Å². The van der Waals surface area contributed by atoms with Crippen LogP contribution in [0, 0.1) is 0 Å². The third-order valence-electron chi connectivity index (χ3n) is 2.89. The summed E-state index contributed by atoms with van der Waals surface area (Å²) in [6.07, 6.45) is 4.35. The first kappa shape index (κ1) is 13.2. The average molecular weight is 272 g/mol. The third kappa shape index (κ3) is 2.95. The molecule has 0 amide bonds. The molecule has 0 atom stereocenters. The number of hydrogen-bond donors (Lipinski definition) is 1. The Morgan fingerprint density at radius 2 is 1.89 bits per heavy atom. The normalized spacial score (nSPS) is 18.0. The van der Waals surface area contributed by atoms with E-state index in [0.717, 1.165) is 0 Å². The number of aromatic nitrogens is 2. The van der Waals surface area contributed by atoms with Gasteiger partial charge in [-0.25, -0.2) is 13.4 Å². The molecular weight excluding hydrogens is 256 g/mol. The molecule has 0 radical (unpaired) electrons. The summed E-state index contributed by atoms with van der Waals surface area (Å²) in [7, 11) is -3.10. The van der Waals surface area contributed by atoms with Crippen molar-refractivity contribution in [3.8, 4) is 0 Å². The van der Waals surface area contributed by atoms with Crippen molar-refractivity contribution in [3.63, 3.8) is 0 Å². The van der Waals surface area contributed by atoms with E-state index >= 15 is 0 Å². The second-order valence-corrected chi connectivity index (χ2v) is 6.16. The van der Waals surface area contributed by atoms with Gasteiger partial charge >= 0.3 is 0 Å². The highest BCUT2D eigenvalue weighted by Gasteiger charge is 2.23. The number of aliphatic hydroxyl groups is 1. The monoisotopic (exact) mass is 272 g/mol. The zero-order chi connectivity index (χ0) is 13.2. The Labute approximate surface area is 106 Å². The van der Waals surface area contributed by atoms with E-state index in [2.05, 4.69) is 9.97 Å². The fraction of sp³-hybridized carbons (Fsp3) is 0.600. The molecule has 1 aliphatic heterocycles. The van der Waals surface area contributed by atoms with Crippen molar-refractivity contribution in [1.29, 1.82) is 0 Å². The number of sulfonamides is 1. The van der Waals surface area contributed by atoms with Crippen molar-refractivity contribution in [2.45, 2.75) is 6.61 Å². The lowest BCUT2D eigenvalue weighted by Gasteiger charge is -2.33. The molecule has 0 bridgehead atoms. The second-order valence-electron chi connectivity index (χ2n) is 4.17. The van der Waals surface area contributed by atoms with E-state index in [4.69, 9.17) is 5.11 Å². The van der Waals surface area contributed by atoms with Gasteiger partial charge in [0.05, 0.1) is 31.0 Å². The summed E-state index contributed by atoms with van der Waals surface area (Å²) >= 11 is 0. The number of hydrogen-bond acceptors (Lipinski definition) is 6. The summed E-state index contributed by atoms with van der Waals surface area (Å²) in [5, 5.41) is 8.87. The molecule has 1 aromatic rings. The summed E-state index contributed by atoms with van der Waals surface area (Å²) in [5.41, 5.74) is 0.522. The zero-order valence-corrected chi connectivity index (χ0v) is 11.0.